The van der Waals surface area contributed by atoms with Gasteiger partial charge in [0, 0.05) is 42.6 Å². The highest BCUT2D eigenvalue weighted by Gasteiger charge is 2.03. The molecule has 1 aromatic heterocycles. The summed E-state index contributed by atoms with van der Waals surface area (Å²) >= 11 is 3.42. The zero-order valence-electron chi connectivity index (χ0n) is 10.6. The summed E-state index contributed by atoms with van der Waals surface area (Å²) in [6, 6.07) is 9.82. The summed E-state index contributed by atoms with van der Waals surface area (Å²) in [5.74, 6) is 1.39. The Balaban J connectivity index is 2.23. The van der Waals surface area contributed by atoms with Gasteiger partial charge in [0.2, 0.25) is 5.88 Å². The fourth-order valence-electron chi connectivity index (χ4n) is 1.52. The van der Waals surface area contributed by atoms with Gasteiger partial charge in [0.1, 0.15) is 5.75 Å². The highest BCUT2D eigenvalue weighted by Crippen LogP contribution is 2.26. The van der Waals surface area contributed by atoms with Gasteiger partial charge < -0.3 is 9.64 Å². The molecule has 2 aromatic rings. The number of pyridine rings is 1. The molecular weight excluding hydrogens is 292 g/mol. The van der Waals surface area contributed by atoms with E-state index in [0.29, 0.717) is 5.88 Å². The van der Waals surface area contributed by atoms with Gasteiger partial charge in [-0.25, -0.2) is 4.98 Å². The van der Waals surface area contributed by atoms with Crippen LogP contribution in [0, 0.1) is 6.92 Å². The summed E-state index contributed by atoms with van der Waals surface area (Å²) in [7, 11) is 4.00. The molecule has 0 radical (unpaired) electrons. The maximum atomic E-state index is 5.75. The third kappa shape index (κ3) is 3.01. The van der Waals surface area contributed by atoms with Gasteiger partial charge in [0.25, 0.3) is 0 Å². The van der Waals surface area contributed by atoms with Crippen molar-refractivity contribution in [2.24, 2.45) is 0 Å². The number of rotatable bonds is 3. The number of halogens is 1. The summed E-state index contributed by atoms with van der Waals surface area (Å²) in [6.07, 6.45) is 1.75. The lowest BCUT2D eigenvalue weighted by Gasteiger charge is -2.13. The largest absolute Gasteiger partial charge is 0.439 e. The Kier molecular flexibility index (Phi) is 3.87. The number of aromatic nitrogens is 1. The predicted octanol–water partition coefficient (Wildman–Crippen LogP) is 4.01. The fraction of sp³-hybridized carbons (Fsp3) is 0.214. The third-order valence-corrected chi connectivity index (χ3v) is 3.41. The number of anilines is 1. The number of benzene rings is 1. The molecule has 0 saturated heterocycles. The van der Waals surface area contributed by atoms with Crippen LogP contribution in [0.3, 0.4) is 0 Å². The molecule has 0 atom stereocenters. The minimum Gasteiger partial charge on any atom is -0.439 e. The van der Waals surface area contributed by atoms with Gasteiger partial charge in [-0.05, 0) is 40.5 Å². The predicted molar refractivity (Wildman–Crippen MR) is 77.5 cm³/mol. The van der Waals surface area contributed by atoms with E-state index in [1.165, 1.54) is 0 Å². The van der Waals surface area contributed by atoms with Crippen LogP contribution >= 0.6 is 15.9 Å². The molecule has 3 nitrogen and oxygen atoms in total. The molecule has 0 aliphatic carbocycles. The first-order valence-electron chi connectivity index (χ1n) is 5.63. The van der Waals surface area contributed by atoms with Crippen molar-refractivity contribution in [3.63, 3.8) is 0 Å². The second kappa shape index (κ2) is 5.40. The summed E-state index contributed by atoms with van der Waals surface area (Å²) in [5, 5.41) is 0. The molecular formula is C14H15BrN2O. The zero-order valence-corrected chi connectivity index (χ0v) is 12.2. The third-order valence-electron chi connectivity index (χ3n) is 2.58. The smallest absolute Gasteiger partial charge is 0.219 e. The van der Waals surface area contributed by atoms with Crippen molar-refractivity contribution >= 4 is 21.6 Å². The normalized spacial score (nSPS) is 10.2. The van der Waals surface area contributed by atoms with E-state index >= 15 is 0 Å². The van der Waals surface area contributed by atoms with E-state index in [2.05, 4.69) is 20.9 Å². The Labute approximate surface area is 116 Å². The van der Waals surface area contributed by atoms with Gasteiger partial charge in [-0.1, -0.05) is 6.07 Å². The van der Waals surface area contributed by atoms with Crippen molar-refractivity contribution in [3.05, 3.63) is 46.6 Å². The van der Waals surface area contributed by atoms with Crippen LogP contribution in [0.2, 0.25) is 0 Å². The lowest BCUT2D eigenvalue weighted by atomic mass is 10.3. The molecule has 0 saturated carbocycles. The van der Waals surface area contributed by atoms with E-state index in [-0.39, 0.29) is 0 Å². The maximum absolute atomic E-state index is 5.75. The van der Waals surface area contributed by atoms with Gasteiger partial charge >= 0.3 is 0 Å². The second-order valence-electron chi connectivity index (χ2n) is 4.27. The molecule has 94 valence electrons. The average Bonchev–Trinajstić information content (AvgIpc) is 2.34. The van der Waals surface area contributed by atoms with Crippen LogP contribution in [0.1, 0.15) is 5.56 Å². The van der Waals surface area contributed by atoms with Gasteiger partial charge in [-0.3, -0.25) is 0 Å². The molecule has 0 spiro atoms. The minimum atomic E-state index is 0.603. The van der Waals surface area contributed by atoms with Gasteiger partial charge in [0.05, 0.1) is 0 Å². The van der Waals surface area contributed by atoms with Crippen LogP contribution in [-0.4, -0.2) is 19.1 Å². The summed E-state index contributed by atoms with van der Waals surface area (Å²) in [6.45, 7) is 2.01. The van der Waals surface area contributed by atoms with E-state index in [9.17, 15) is 0 Å². The molecule has 0 aliphatic heterocycles. The van der Waals surface area contributed by atoms with Crippen LogP contribution < -0.4 is 9.64 Å². The molecule has 2 rings (SSSR count). The standard InChI is InChI=1S/C14H15BrN2O/c1-10-7-14(16-9-13(10)15)18-12-6-4-5-11(8-12)17(2)3/h4-9H,1-3H3. The molecule has 1 heterocycles. The van der Waals surface area contributed by atoms with Crippen molar-refractivity contribution in [2.75, 3.05) is 19.0 Å². The molecule has 0 unspecified atom stereocenters. The van der Waals surface area contributed by atoms with Crippen LogP contribution in [0.4, 0.5) is 5.69 Å². The van der Waals surface area contributed by atoms with E-state index in [4.69, 9.17) is 4.74 Å². The maximum Gasteiger partial charge on any atom is 0.219 e. The van der Waals surface area contributed by atoms with E-state index in [0.717, 1.165) is 21.5 Å². The van der Waals surface area contributed by atoms with Crippen molar-refractivity contribution in [2.45, 2.75) is 6.92 Å². The molecule has 0 N–H and O–H groups in total. The summed E-state index contributed by atoms with van der Waals surface area (Å²) in [5.41, 5.74) is 2.20. The average molecular weight is 307 g/mol. The Morgan fingerprint density at radius 1 is 1.22 bits per heavy atom. The fourth-order valence-corrected chi connectivity index (χ4v) is 1.73. The summed E-state index contributed by atoms with van der Waals surface area (Å²) < 4.78 is 6.73. The zero-order chi connectivity index (χ0) is 13.1. The van der Waals surface area contributed by atoms with Crippen molar-refractivity contribution in [3.8, 4) is 11.6 Å². The second-order valence-corrected chi connectivity index (χ2v) is 5.12. The van der Waals surface area contributed by atoms with Gasteiger partial charge in [-0.2, -0.15) is 0 Å². The van der Waals surface area contributed by atoms with E-state index < -0.39 is 0 Å². The van der Waals surface area contributed by atoms with Crippen LogP contribution in [0.15, 0.2) is 41.0 Å². The SMILES string of the molecule is Cc1cc(Oc2cccc(N(C)C)c2)ncc1Br. The first-order chi connectivity index (χ1) is 8.56. The number of aryl methyl sites for hydroxylation is 1. The van der Waals surface area contributed by atoms with Crippen LogP contribution in [0.25, 0.3) is 0 Å². The van der Waals surface area contributed by atoms with Crippen LogP contribution in [0.5, 0.6) is 11.6 Å². The van der Waals surface area contributed by atoms with Crippen LogP contribution in [-0.2, 0) is 0 Å². The molecule has 4 heteroatoms. The lowest BCUT2D eigenvalue weighted by molar-refractivity contribution is 0.462. The topological polar surface area (TPSA) is 25.4 Å². The minimum absolute atomic E-state index is 0.603. The Morgan fingerprint density at radius 3 is 2.67 bits per heavy atom. The monoisotopic (exact) mass is 306 g/mol. The van der Waals surface area contributed by atoms with Gasteiger partial charge in [-0.15, -0.1) is 0 Å². The molecule has 0 amide bonds. The van der Waals surface area contributed by atoms with Crippen molar-refractivity contribution < 1.29 is 4.74 Å². The lowest BCUT2D eigenvalue weighted by Crippen LogP contribution is -2.08. The Hall–Kier alpha value is -1.55. The first kappa shape index (κ1) is 12.9. The molecule has 0 bridgehead atoms. The first-order valence-corrected chi connectivity index (χ1v) is 6.43. The highest BCUT2D eigenvalue weighted by molar-refractivity contribution is 9.10. The number of hydrogen-bond donors (Lipinski definition) is 0. The number of hydrogen-bond acceptors (Lipinski definition) is 3. The Morgan fingerprint density at radius 2 is 2.00 bits per heavy atom. The molecule has 0 fully saturated rings. The molecule has 18 heavy (non-hydrogen) atoms. The van der Waals surface area contributed by atoms with E-state index in [1.54, 1.807) is 6.20 Å². The summed E-state index contributed by atoms with van der Waals surface area (Å²) in [4.78, 5) is 6.26. The Bertz CT molecular complexity index is 555. The molecule has 1 aromatic carbocycles. The molecule has 0 aliphatic rings. The van der Waals surface area contributed by atoms with Gasteiger partial charge in [0.15, 0.2) is 0 Å². The highest BCUT2D eigenvalue weighted by atomic mass is 79.9. The van der Waals surface area contributed by atoms with Crippen molar-refractivity contribution in [1.82, 2.24) is 4.98 Å². The quantitative estimate of drug-likeness (QED) is 0.856. The number of ether oxygens (including phenoxy) is 1. The number of nitrogens with zero attached hydrogens (tertiary/aromatic N) is 2. The van der Waals surface area contributed by atoms with Crippen molar-refractivity contribution in [1.29, 1.82) is 0 Å². The van der Waals surface area contributed by atoms with E-state index in [1.807, 2.05) is 56.3 Å².